The van der Waals surface area contributed by atoms with Crippen LogP contribution in [0.2, 0.25) is 0 Å². The van der Waals surface area contributed by atoms with Crippen LogP contribution in [0, 0.1) is 0 Å². The number of nitrogens with zero attached hydrogens (tertiary/aromatic N) is 2. The van der Waals surface area contributed by atoms with E-state index < -0.39 is 0 Å². The van der Waals surface area contributed by atoms with E-state index in [1.54, 1.807) is 21.6 Å². The van der Waals surface area contributed by atoms with Gasteiger partial charge in [0.2, 0.25) is 0 Å². The highest BCUT2D eigenvalue weighted by Gasteiger charge is 2.19. The van der Waals surface area contributed by atoms with Gasteiger partial charge in [0.15, 0.2) is 0 Å². The molecule has 0 aliphatic rings. The van der Waals surface area contributed by atoms with Crippen LogP contribution in [-0.4, -0.2) is 19.9 Å². The van der Waals surface area contributed by atoms with Crippen LogP contribution >= 0.6 is 21.6 Å². The molecule has 0 saturated carbocycles. The lowest BCUT2D eigenvalue weighted by molar-refractivity contribution is 0.788. The number of aromatic amines is 2. The number of hydrogen-bond acceptors (Lipinski definition) is 4. The van der Waals surface area contributed by atoms with Crippen molar-refractivity contribution in [2.45, 2.75) is 49.6 Å². The van der Waals surface area contributed by atoms with Gasteiger partial charge in [-0.15, -0.1) is 0 Å². The topological polar surface area (TPSA) is 57.4 Å². The average molecular weight is 435 g/mol. The molecule has 4 aromatic rings. The third-order valence-corrected chi connectivity index (χ3v) is 6.98. The molecule has 0 fully saturated rings. The molecule has 2 heterocycles. The minimum absolute atomic E-state index is 0.338. The quantitative estimate of drug-likeness (QED) is 0.295. The summed E-state index contributed by atoms with van der Waals surface area (Å²) in [5.74, 6) is 2.68. The van der Waals surface area contributed by atoms with Crippen LogP contribution in [-0.2, 0) is 0 Å². The number of rotatable bonds is 7. The van der Waals surface area contributed by atoms with Crippen LogP contribution in [0.1, 0.15) is 51.2 Å². The van der Waals surface area contributed by atoms with E-state index in [1.165, 1.54) is 0 Å². The number of aromatic nitrogens is 4. The fourth-order valence-electron chi connectivity index (χ4n) is 3.10. The number of nitrogens with one attached hydrogen (secondary N) is 2. The summed E-state index contributed by atoms with van der Waals surface area (Å²) >= 11 is 0. The summed E-state index contributed by atoms with van der Waals surface area (Å²) < 4.78 is 0. The van der Waals surface area contributed by atoms with Crippen molar-refractivity contribution < 1.29 is 0 Å². The van der Waals surface area contributed by atoms with E-state index in [0.717, 1.165) is 44.2 Å². The second kappa shape index (κ2) is 9.14. The van der Waals surface area contributed by atoms with E-state index >= 15 is 0 Å². The van der Waals surface area contributed by atoms with E-state index in [4.69, 9.17) is 9.97 Å². The van der Waals surface area contributed by atoms with E-state index in [9.17, 15) is 0 Å². The van der Waals surface area contributed by atoms with Crippen LogP contribution in [0.15, 0.2) is 70.7 Å². The van der Waals surface area contributed by atoms with Crippen molar-refractivity contribution >= 4 is 21.6 Å². The molecule has 0 amide bonds. The summed E-state index contributed by atoms with van der Waals surface area (Å²) in [5.41, 5.74) is 4.43. The number of benzene rings is 2. The highest BCUT2D eigenvalue weighted by atomic mass is 33.1. The SMILES string of the molecule is CC(C)c1nc(SSc2nc(C(C)C)[nH]c2-c2ccccc2)c(-c2ccccc2)[nH]1. The van der Waals surface area contributed by atoms with Gasteiger partial charge in [0.25, 0.3) is 0 Å². The molecule has 0 aliphatic carbocycles. The maximum absolute atomic E-state index is 4.89. The Balaban J connectivity index is 1.67. The first kappa shape index (κ1) is 20.8. The molecule has 6 heteroatoms. The predicted molar refractivity (Wildman–Crippen MR) is 128 cm³/mol. The largest absolute Gasteiger partial charge is 0.341 e. The maximum Gasteiger partial charge on any atom is 0.133 e. The zero-order valence-corrected chi connectivity index (χ0v) is 19.3. The van der Waals surface area contributed by atoms with Gasteiger partial charge in [-0.05, 0) is 21.6 Å². The van der Waals surface area contributed by atoms with Crippen molar-refractivity contribution in [2.24, 2.45) is 0 Å². The molecule has 0 saturated heterocycles. The standard InChI is InChI=1S/C24H26N4S2/c1-15(2)21-25-19(17-11-7-5-8-12-17)23(27-21)29-30-24-20(18-13-9-6-10-14-18)26-22(28-24)16(3)4/h5-16H,1-4H3,(H,25,27)(H,26,28). The zero-order valence-electron chi connectivity index (χ0n) is 17.6. The average Bonchev–Trinajstić information content (AvgIpc) is 3.38. The highest BCUT2D eigenvalue weighted by Crippen LogP contribution is 2.44. The van der Waals surface area contributed by atoms with Crippen molar-refractivity contribution in [2.75, 3.05) is 0 Å². The molecule has 0 spiro atoms. The molecule has 2 aromatic heterocycles. The molecule has 4 rings (SSSR count). The molecule has 0 unspecified atom stereocenters. The van der Waals surface area contributed by atoms with Gasteiger partial charge in [0.1, 0.15) is 21.7 Å². The van der Waals surface area contributed by atoms with Gasteiger partial charge in [0, 0.05) is 23.0 Å². The molecule has 0 atom stereocenters. The Labute approximate surface area is 185 Å². The fourth-order valence-corrected chi connectivity index (χ4v) is 5.23. The first-order chi connectivity index (χ1) is 14.5. The summed E-state index contributed by atoms with van der Waals surface area (Å²) in [4.78, 5) is 16.8. The highest BCUT2D eigenvalue weighted by molar-refractivity contribution is 8.76. The molecule has 2 aromatic carbocycles. The van der Waals surface area contributed by atoms with E-state index in [-0.39, 0.29) is 0 Å². The Morgan fingerprint density at radius 2 is 0.967 bits per heavy atom. The molecule has 2 N–H and O–H groups in total. The summed E-state index contributed by atoms with van der Waals surface area (Å²) in [6.45, 7) is 8.63. The molecule has 30 heavy (non-hydrogen) atoms. The van der Waals surface area contributed by atoms with Crippen LogP contribution in [0.25, 0.3) is 22.5 Å². The summed E-state index contributed by atoms with van der Waals surface area (Å²) in [5, 5.41) is 1.98. The Morgan fingerprint density at radius 3 is 1.30 bits per heavy atom. The second-order valence-electron chi connectivity index (χ2n) is 7.81. The minimum atomic E-state index is 0.338. The molecular formula is C24H26N4S2. The molecule has 0 radical (unpaired) electrons. The van der Waals surface area contributed by atoms with Crippen molar-refractivity contribution in [1.29, 1.82) is 0 Å². The Kier molecular flexibility index (Phi) is 6.35. The Hall–Kier alpha value is -2.44. The van der Waals surface area contributed by atoms with Gasteiger partial charge in [-0.2, -0.15) is 0 Å². The monoisotopic (exact) mass is 434 g/mol. The lowest BCUT2D eigenvalue weighted by atomic mass is 10.2. The number of H-pyrrole nitrogens is 2. The lowest BCUT2D eigenvalue weighted by Crippen LogP contribution is -1.89. The van der Waals surface area contributed by atoms with Gasteiger partial charge in [0.05, 0.1) is 11.4 Å². The van der Waals surface area contributed by atoms with E-state index in [0.29, 0.717) is 11.8 Å². The first-order valence-corrected chi connectivity index (χ1v) is 12.3. The van der Waals surface area contributed by atoms with Gasteiger partial charge in [-0.1, -0.05) is 88.4 Å². The second-order valence-corrected chi connectivity index (χ2v) is 9.92. The van der Waals surface area contributed by atoms with Crippen LogP contribution in [0.3, 0.4) is 0 Å². The van der Waals surface area contributed by atoms with Gasteiger partial charge in [-0.25, -0.2) is 9.97 Å². The van der Waals surface area contributed by atoms with Crippen molar-refractivity contribution in [3.05, 3.63) is 72.3 Å². The lowest BCUT2D eigenvalue weighted by Gasteiger charge is -2.03. The van der Waals surface area contributed by atoms with E-state index in [2.05, 4.69) is 86.2 Å². The van der Waals surface area contributed by atoms with Crippen LogP contribution < -0.4 is 0 Å². The zero-order chi connectivity index (χ0) is 21.1. The minimum Gasteiger partial charge on any atom is -0.341 e. The van der Waals surface area contributed by atoms with Crippen LogP contribution in [0.5, 0.6) is 0 Å². The first-order valence-electron chi connectivity index (χ1n) is 10.2. The van der Waals surface area contributed by atoms with Gasteiger partial charge < -0.3 is 9.97 Å². The molecule has 4 nitrogen and oxygen atoms in total. The van der Waals surface area contributed by atoms with Gasteiger partial charge >= 0.3 is 0 Å². The summed E-state index contributed by atoms with van der Waals surface area (Å²) in [6, 6.07) is 20.8. The molecular weight excluding hydrogens is 408 g/mol. The number of hydrogen-bond donors (Lipinski definition) is 2. The molecule has 0 aliphatic heterocycles. The summed E-state index contributed by atoms with van der Waals surface area (Å²) in [6.07, 6.45) is 0. The third kappa shape index (κ3) is 4.50. The predicted octanol–water partition coefficient (Wildman–Crippen LogP) is 7.51. The van der Waals surface area contributed by atoms with Gasteiger partial charge in [-0.3, -0.25) is 0 Å². The maximum atomic E-state index is 4.89. The van der Waals surface area contributed by atoms with E-state index in [1.807, 2.05) is 12.1 Å². The smallest absolute Gasteiger partial charge is 0.133 e. The van der Waals surface area contributed by atoms with Crippen molar-refractivity contribution in [3.8, 4) is 22.5 Å². The third-order valence-electron chi connectivity index (χ3n) is 4.80. The Morgan fingerprint density at radius 1 is 0.600 bits per heavy atom. The number of imidazole rings is 2. The summed E-state index contributed by atoms with van der Waals surface area (Å²) in [7, 11) is 3.32. The molecule has 154 valence electrons. The normalized spacial score (nSPS) is 11.5. The Bertz CT molecular complexity index is 1010. The van der Waals surface area contributed by atoms with Crippen LogP contribution in [0.4, 0.5) is 0 Å². The van der Waals surface area contributed by atoms with Crippen molar-refractivity contribution in [1.82, 2.24) is 19.9 Å². The molecule has 0 bridgehead atoms. The fraction of sp³-hybridized carbons (Fsp3) is 0.250. The van der Waals surface area contributed by atoms with Crippen molar-refractivity contribution in [3.63, 3.8) is 0 Å².